The van der Waals surface area contributed by atoms with Crippen molar-refractivity contribution in [3.05, 3.63) is 29.8 Å². The lowest BCUT2D eigenvalue weighted by Crippen LogP contribution is -2.29. The molecule has 4 heteroatoms. The maximum Gasteiger partial charge on any atom is 0.0471 e. The van der Waals surface area contributed by atoms with E-state index < -0.39 is 10.8 Å². The Morgan fingerprint density at radius 3 is 2.47 bits per heavy atom. The van der Waals surface area contributed by atoms with Gasteiger partial charge in [-0.15, -0.1) is 0 Å². The molecule has 0 amide bonds. The van der Waals surface area contributed by atoms with Gasteiger partial charge in [0, 0.05) is 40.6 Å². The number of benzene rings is 1. The molecule has 0 radical (unpaired) electrons. The first kappa shape index (κ1) is 12.6. The summed E-state index contributed by atoms with van der Waals surface area (Å²) in [7, 11) is -0.593. The fraction of sp³-hybridized carbons (Fsp3) is 0.538. The van der Waals surface area contributed by atoms with Gasteiger partial charge in [-0.05, 0) is 37.0 Å². The molecule has 2 rings (SSSR count). The van der Waals surface area contributed by atoms with Gasteiger partial charge in [-0.2, -0.15) is 0 Å². The van der Waals surface area contributed by atoms with Crippen LogP contribution < -0.4 is 5.32 Å². The van der Waals surface area contributed by atoms with Crippen LogP contribution in [0.1, 0.15) is 18.4 Å². The zero-order valence-electron chi connectivity index (χ0n) is 9.89. The minimum absolute atomic E-state index is 0.196. The molecule has 0 spiro atoms. The van der Waals surface area contributed by atoms with Crippen molar-refractivity contribution in [1.82, 2.24) is 0 Å². The number of anilines is 1. The van der Waals surface area contributed by atoms with Gasteiger partial charge in [-0.25, -0.2) is 0 Å². The Morgan fingerprint density at radius 2 is 1.88 bits per heavy atom. The molecular weight excluding hydrogens is 234 g/mol. The fourth-order valence-electron chi connectivity index (χ4n) is 2.07. The summed E-state index contributed by atoms with van der Waals surface area (Å²) in [5.41, 5.74) is 2.27. The summed E-state index contributed by atoms with van der Waals surface area (Å²) in [4.78, 5) is 0. The van der Waals surface area contributed by atoms with Gasteiger partial charge >= 0.3 is 0 Å². The molecule has 0 aromatic heterocycles. The largest absolute Gasteiger partial charge is 0.396 e. The van der Waals surface area contributed by atoms with Crippen molar-refractivity contribution in [2.45, 2.75) is 25.3 Å². The van der Waals surface area contributed by atoms with Crippen LogP contribution in [0.5, 0.6) is 0 Å². The second-order valence-electron chi connectivity index (χ2n) is 4.44. The van der Waals surface area contributed by atoms with Gasteiger partial charge in [-0.1, -0.05) is 12.1 Å². The molecular formula is C13H19NO2S. The molecule has 1 aromatic carbocycles. The maximum absolute atomic E-state index is 11.2. The van der Waals surface area contributed by atoms with E-state index in [0.717, 1.165) is 35.6 Å². The molecule has 17 heavy (non-hydrogen) atoms. The van der Waals surface area contributed by atoms with E-state index in [1.807, 2.05) is 12.1 Å². The molecule has 0 aliphatic carbocycles. The van der Waals surface area contributed by atoms with Crippen molar-refractivity contribution in [3.8, 4) is 0 Å². The average Bonchev–Trinajstić information content (AvgIpc) is 2.35. The predicted molar refractivity (Wildman–Crippen MR) is 71.8 cm³/mol. The van der Waals surface area contributed by atoms with Crippen molar-refractivity contribution >= 4 is 16.5 Å². The van der Waals surface area contributed by atoms with Gasteiger partial charge in [0.1, 0.15) is 0 Å². The van der Waals surface area contributed by atoms with Crippen molar-refractivity contribution in [1.29, 1.82) is 0 Å². The Hall–Kier alpha value is -0.870. The number of nitrogens with one attached hydrogen (secondary N) is 1. The molecule has 1 aliphatic rings. The second kappa shape index (κ2) is 6.17. The molecule has 0 atom stereocenters. The first-order chi connectivity index (χ1) is 8.28. The number of aliphatic hydroxyl groups is 1. The number of aliphatic hydroxyl groups excluding tert-OH is 1. The third-order valence-corrected chi connectivity index (χ3v) is 4.50. The zero-order chi connectivity index (χ0) is 12.1. The summed E-state index contributed by atoms with van der Waals surface area (Å²) in [5.74, 6) is 1.64. The monoisotopic (exact) mass is 253 g/mol. The number of hydrogen-bond donors (Lipinski definition) is 2. The van der Waals surface area contributed by atoms with E-state index in [2.05, 4.69) is 17.4 Å². The fourth-order valence-corrected chi connectivity index (χ4v) is 3.37. The smallest absolute Gasteiger partial charge is 0.0471 e. The van der Waals surface area contributed by atoms with E-state index in [9.17, 15) is 4.21 Å². The summed E-state index contributed by atoms with van der Waals surface area (Å²) in [5, 5.41) is 12.3. The van der Waals surface area contributed by atoms with Crippen molar-refractivity contribution in [3.63, 3.8) is 0 Å². The topological polar surface area (TPSA) is 49.3 Å². The van der Waals surface area contributed by atoms with Crippen LogP contribution in [-0.4, -0.2) is 33.5 Å². The molecule has 1 aromatic rings. The van der Waals surface area contributed by atoms with E-state index in [-0.39, 0.29) is 6.61 Å². The third-order valence-electron chi connectivity index (χ3n) is 3.11. The summed E-state index contributed by atoms with van der Waals surface area (Å²) in [6.07, 6.45) is 2.69. The van der Waals surface area contributed by atoms with Gasteiger partial charge in [0.25, 0.3) is 0 Å². The van der Waals surface area contributed by atoms with Crippen LogP contribution in [0.2, 0.25) is 0 Å². The van der Waals surface area contributed by atoms with Gasteiger partial charge in [0.15, 0.2) is 0 Å². The van der Waals surface area contributed by atoms with Crippen LogP contribution in [-0.2, 0) is 17.2 Å². The standard InChI is InChI=1S/C13H19NO2S/c15-8-5-11-1-3-12(4-2-11)14-13-6-9-17(16)10-7-13/h1-4,13-15H,5-10H2. The molecule has 1 aliphatic heterocycles. The first-order valence-electron chi connectivity index (χ1n) is 6.09. The molecule has 2 N–H and O–H groups in total. The summed E-state index contributed by atoms with van der Waals surface area (Å²) in [6, 6.07) is 8.64. The highest BCUT2D eigenvalue weighted by Crippen LogP contribution is 2.17. The molecule has 0 unspecified atom stereocenters. The lowest BCUT2D eigenvalue weighted by atomic mass is 10.1. The quantitative estimate of drug-likeness (QED) is 0.856. The normalized spacial score (nSPS) is 24.5. The van der Waals surface area contributed by atoms with Gasteiger partial charge < -0.3 is 10.4 Å². The lowest BCUT2D eigenvalue weighted by Gasteiger charge is -2.23. The highest BCUT2D eigenvalue weighted by atomic mass is 32.2. The van der Waals surface area contributed by atoms with E-state index in [4.69, 9.17) is 5.11 Å². The molecule has 0 saturated carbocycles. The summed E-state index contributed by atoms with van der Waals surface area (Å²) >= 11 is 0. The second-order valence-corrected chi connectivity index (χ2v) is 6.13. The Kier molecular flexibility index (Phi) is 4.57. The Balaban J connectivity index is 1.88. The zero-order valence-corrected chi connectivity index (χ0v) is 10.7. The Bertz CT molecular complexity index is 368. The highest BCUT2D eigenvalue weighted by Gasteiger charge is 2.17. The molecule has 1 heterocycles. The first-order valence-corrected chi connectivity index (χ1v) is 7.58. The van der Waals surface area contributed by atoms with E-state index in [1.165, 1.54) is 0 Å². The molecule has 0 bridgehead atoms. The molecule has 1 saturated heterocycles. The van der Waals surface area contributed by atoms with Crippen molar-refractivity contribution in [2.75, 3.05) is 23.4 Å². The summed E-state index contributed by atoms with van der Waals surface area (Å²) in [6.45, 7) is 0.196. The van der Waals surface area contributed by atoms with Crippen LogP contribution in [0.25, 0.3) is 0 Å². The minimum Gasteiger partial charge on any atom is -0.396 e. The van der Waals surface area contributed by atoms with E-state index >= 15 is 0 Å². The average molecular weight is 253 g/mol. The minimum atomic E-state index is -0.593. The maximum atomic E-state index is 11.2. The van der Waals surface area contributed by atoms with E-state index in [1.54, 1.807) is 0 Å². The lowest BCUT2D eigenvalue weighted by molar-refractivity contribution is 0.299. The SMILES string of the molecule is O=S1CCC(Nc2ccc(CCO)cc2)CC1. The highest BCUT2D eigenvalue weighted by molar-refractivity contribution is 7.85. The van der Waals surface area contributed by atoms with Crippen LogP contribution in [0.4, 0.5) is 5.69 Å². The molecule has 3 nitrogen and oxygen atoms in total. The van der Waals surface area contributed by atoms with Crippen LogP contribution in [0, 0.1) is 0 Å². The number of hydrogen-bond acceptors (Lipinski definition) is 3. The van der Waals surface area contributed by atoms with Gasteiger partial charge in [0.2, 0.25) is 0 Å². The third kappa shape index (κ3) is 3.82. The van der Waals surface area contributed by atoms with Gasteiger partial charge in [0.05, 0.1) is 0 Å². The molecule has 94 valence electrons. The van der Waals surface area contributed by atoms with Crippen LogP contribution >= 0.6 is 0 Å². The predicted octanol–water partition coefficient (Wildman–Crippen LogP) is 1.54. The number of rotatable bonds is 4. The van der Waals surface area contributed by atoms with Crippen LogP contribution in [0.3, 0.4) is 0 Å². The van der Waals surface area contributed by atoms with Crippen molar-refractivity contribution < 1.29 is 9.32 Å². The van der Waals surface area contributed by atoms with Crippen molar-refractivity contribution in [2.24, 2.45) is 0 Å². The summed E-state index contributed by atoms with van der Waals surface area (Å²) < 4.78 is 11.2. The Morgan fingerprint density at radius 1 is 1.24 bits per heavy atom. The van der Waals surface area contributed by atoms with Crippen LogP contribution in [0.15, 0.2) is 24.3 Å². The van der Waals surface area contributed by atoms with Gasteiger partial charge in [-0.3, -0.25) is 4.21 Å². The molecule has 1 fully saturated rings. The Labute approximate surface area is 105 Å². The van der Waals surface area contributed by atoms with E-state index in [0.29, 0.717) is 12.5 Å².